The van der Waals surface area contributed by atoms with Crippen molar-refractivity contribution in [2.24, 2.45) is 0 Å². The SMILES string of the molecule is CCOCCCNCc1ccn(CC)n1. The van der Waals surface area contributed by atoms with Crippen molar-refractivity contribution in [3.8, 4) is 0 Å². The molecule has 0 aliphatic rings. The van der Waals surface area contributed by atoms with Gasteiger partial charge < -0.3 is 10.1 Å². The average molecular weight is 211 g/mol. The highest BCUT2D eigenvalue weighted by molar-refractivity contribution is 4.98. The Labute approximate surface area is 91.6 Å². The number of nitrogens with one attached hydrogen (secondary N) is 1. The minimum absolute atomic E-state index is 0.806. The van der Waals surface area contributed by atoms with Gasteiger partial charge in [0, 0.05) is 32.5 Å². The molecule has 0 amide bonds. The minimum Gasteiger partial charge on any atom is -0.382 e. The Hall–Kier alpha value is -0.870. The van der Waals surface area contributed by atoms with Gasteiger partial charge in [-0.3, -0.25) is 4.68 Å². The molecule has 0 saturated carbocycles. The lowest BCUT2D eigenvalue weighted by molar-refractivity contribution is 0.144. The monoisotopic (exact) mass is 211 g/mol. The Kier molecular flexibility index (Phi) is 6.04. The van der Waals surface area contributed by atoms with Crippen LogP contribution < -0.4 is 5.32 Å². The van der Waals surface area contributed by atoms with Gasteiger partial charge in [0.15, 0.2) is 0 Å². The van der Waals surface area contributed by atoms with Crippen LogP contribution in [0.3, 0.4) is 0 Å². The number of ether oxygens (including phenoxy) is 1. The summed E-state index contributed by atoms with van der Waals surface area (Å²) in [5, 5.41) is 7.73. The molecule has 4 heteroatoms. The average Bonchev–Trinajstić information content (AvgIpc) is 2.71. The van der Waals surface area contributed by atoms with Crippen molar-refractivity contribution < 1.29 is 4.74 Å². The van der Waals surface area contributed by atoms with Crippen molar-refractivity contribution in [1.82, 2.24) is 15.1 Å². The first-order chi connectivity index (χ1) is 7.36. The summed E-state index contributed by atoms with van der Waals surface area (Å²) in [6, 6.07) is 2.05. The molecule has 0 bridgehead atoms. The molecule has 0 aliphatic heterocycles. The molecule has 1 rings (SSSR count). The fraction of sp³-hybridized carbons (Fsp3) is 0.727. The molecular formula is C11H21N3O. The highest BCUT2D eigenvalue weighted by Gasteiger charge is 1.96. The lowest BCUT2D eigenvalue weighted by Gasteiger charge is -2.02. The second-order valence-corrected chi connectivity index (χ2v) is 3.39. The highest BCUT2D eigenvalue weighted by Crippen LogP contribution is 1.94. The van der Waals surface area contributed by atoms with Crippen molar-refractivity contribution in [2.45, 2.75) is 33.4 Å². The van der Waals surface area contributed by atoms with Crippen molar-refractivity contribution in [3.05, 3.63) is 18.0 Å². The molecule has 0 spiro atoms. The van der Waals surface area contributed by atoms with Gasteiger partial charge in [-0.2, -0.15) is 5.10 Å². The van der Waals surface area contributed by atoms with E-state index in [1.165, 1.54) is 0 Å². The third-order valence-corrected chi connectivity index (χ3v) is 2.17. The van der Waals surface area contributed by atoms with Gasteiger partial charge in [-0.15, -0.1) is 0 Å². The van der Waals surface area contributed by atoms with Gasteiger partial charge in [-0.25, -0.2) is 0 Å². The predicted octanol–water partition coefficient (Wildman–Crippen LogP) is 1.42. The van der Waals surface area contributed by atoms with Crippen LogP contribution in [0, 0.1) is 0 Å². The van der Waals surface area contributed by atoms with E-state index in [4.69, 9.17) is 4.74 Å². The third kappa shape index (κ3) is 4.95. The summed E-state index contributed by atoms with van der Waals surface area (Å²) in [5.74, 6) is 0. The molecule has 0 atom stereocenters. The molecule has 0 unspecified atom stereocenters. The summed E-state index contributed by atoms with van der Waals surface area (Å²) in [4.78, 5) is 0. The number of rotatable bonds is 8. The van der Waals surface area contributed by atoms with E-state index < -0.39 is 0 Å². The number of aromatic nitrogens is 2. The molecule has 0 radical (unpaired) electrons. The molecule has 1 N–H and O–H groups in total. The number of nitrogens with zero attached hydrogens (tertiary/aromatic N) is 2. The molecule has 15 heavy (non-hydrogen) atoms. The van der Waals surface area contributed by atoms with Crippen LogP contribution in [0.15, 0.2) is 12.3 Å². The van der Waals surface area contributed by atoms with Crippen molar-refractivity contribution in [2.75, 3.05) is 19.8 Å². The lowest BCUT2D eigenvalue weighted by atomic mass is 10.4. The summed E-state index contributed by atoms with van der Waals surface area (Å²) in [7, 11) is 0. The molecule has 1 aromatic rings. The van der Waals surface area contributed by atoms with Gasteiger partial charge in [-0.05, 0) is 32.9 Å². The summed E-state index contributed by atoms with van der Waals surface area (Å²) in [6.45, 7) is 8.52. The summed E-state index contributed by atoms with van der Waals surface area (Å²) < 4.78 is 7.19. The fourth-order valence-corrected chi connectivity index (χ4v) is 1.33. The van der Waals surface area contributed by atoms with Crippen LogP contribution in [0.1, 0.15) is 26.0 Å². The van der Waals surface area contributed by atoms with Gasteiger partial charge in [0.25, 0.3) is 0 Å². The largest absolute Gasteiger partial charge is 0.382 e. The zero-order valence-corrected chi connectivity index (χ0v) is 9.70. The van der Waals surface area contributed by atoms with E-state index in [-0.39, 0.29) is 0 Å². The summed E-state index contributed by atoms with van der Waals surface area (Å²) in [5.41, 5.74) is 1.10. The van der Waals surface area contributed by atoms with E-state index in [2.05, 4.69) is 23.4 Å². The highest BCUT2D eigenvalue weighted by atomic mass is 16.5. The Morgan fingerprint density at radius 1 is 1.47 bits per heavy atom. The van der Waals surface area contributed by atoms with Crippen molar-refractivity contribution in [3.63, 3.8) is 0 Å². The van der Waals surface area contributed by atoms with Crippen LogP contribution in [0.5, 0.6) is 0 Å². The van der Waals surface area contributed by atoms with Gasteiger partial charge in [-0.1, -0.05) is 0 Å². The quantitative estimate of drug-likeness (QED) is 0.661. The van der Waals surface area contributed by atoms with Crippen LogP contribution in [-0.4, -0.2) is 29.5 Å². The van der Waals surface area contributed by atoms with Gasteiger partial charge in [0.05, 0.1) is 5.69 Å². The Morgan fingerprint density at radius 3 is 3.00 bits per heavy atom. The van der Waals surface area contributed by atoms with Gasteiger partial charge in [0.1, 0.15) is 0 Å². The first kappa shape index (κ1) is 12.2. The van der Waals surface area contributed by atoms with E-state index in [1.54, 1.807) is 0 Å². The maximum atomic E-state index is 5.25. The molecule has 0 aromatic carbocycles. The normalized spacial score (nSPS) is 10.8. The molecule has 86 valence electrons. The van der Waals surface area contributed by atoms with Crippen LogP contribution in [0.2, 0.25) is 0 Å². The standard InChI is InChI=1S/C11H21N3O/c1-3-14-8-6-11(13-14)10-12-7-5-9-15-4-2/h6,8,12H,3-5,7,9-10H2,1-2H3. The maximum Gasteiger partial charge on any atom is 0.0762 e. The minimum atomic E-state index is 0.806. The van der Waals surface area contributed by atoms with Crippen molar-refractivity contribution in [1.29, 1.82) is 0 Å². The summed E-state index contributed by atoms with van der Waals surface area (Å²) >= 11 is 0. The second kappa shape index (κ2) is 7.43. The number of aryl methyl sites for hydroxylation is 1. The number of hydrogen-bond acceptors (Lipinski definition) is 3. The fourth-order valence-electron chi connectivity index (χ4n) is 1.33. The van der Waals surface area contributed by atoms with Crippen LogP contribution in [-0.2, 0) is 17.8 Å². The van der Waals surface area contributed by atoms with Crippen LogP contribution >= 0.6 is 0 Å². The smallest absolute Gasteiger partial charge is 0.0762 e. The van der Waals surface area contributed by atoms with Crippen LogP contribution in [0.25, 0.3) is 0 Å². The summed E-state index contributed by atoms with van der Waals surface area (Å²) in [6.07, 6.45) is 3.07. The Morgan fingerprint density at radius 2 is 2.33 bits per heavy atom. The lowest BCUT2D eigenvalue weighted by Crippen LogP contribution is -2.16. The number of hydrogen-bond donors (Lipinski definition) is 1. The van der Waals surface area contributed by atoms with Crippen LogP contribution in [0.4, 0.5) is 0 Å². The van der Waals surface area contributed by atoms with E-state index >= 15 is 0 Å². The molecule has 1 heterocycles. The zero-order chi connectivity index (χ0) is 10.9. The predicted molar refractivity (Wildman–Crippen MR) is 60.7 cm³/mol. The topological polar surface area (TPSA) is 39.1 Å². The van der Waals surface area contributed by atoms with Crippen molar-refractivity contribution >= 4 is 0 Å². The molecule has 0 fully saturated rings. The zero-order valence-electron chi connectivity index (χ0n) is 9.70. The first-order valence-corrected chi connectivity index (χ1v) is 5.67. The molecule has 0 saturated heterocycles. The van der Waals surface area contributed by atoms with E-state index in [0.717, 1.165) is 45.0 Å². The van der Waals surface area contributed by atoms with Gasteiger partial charge in [0.2, 0.25) is 0 Å². The van der Waals surface area contributed by atoms with E-state index in [9.17, 15) is 0 Å². The molecule has 0 aliphatic carbocycles. The third-order valence-electron chi connectivity index (χ3n) is 2.17. The Balaban J connectivity index is 2.04. The Bertz CT molecular complexity index is 260. The maximum absolute atomic E-state index is 5.25. The first-order valence-electron chi connectivity index (χ1n) is 5.67. The second-order valence-electron chi connectivity index (χ2n) is 3.39. The molecule has 1 aromatic heterocycles. The molecular weight excluding hydrogens is 190 g/mol. The molecule has 4 nitrogen and oxygen atoms in total. The van der Waals surface area contributed by atoms with E-state index in [1.807, 2.05) is 17.8 Å². The van der Waals surface area contributed by atoms with Gasteiger partial charge >= 0.3 is 0 Å². The van der Waals surface area contributed by atoms with E-state index in [0.29, 0.717) is 0 Å².